The van der Waals surface area contributed by atoms with Crippen molar-refractivity contribution in [3.8, 4) is 0 Å². The van der Waals surface area contributed by atoms with Gasteiger partial charge in [-0.25, -0.2) is 0 Å². The first-order valence-corrected chi connectivity index (χ1v) is 5.37. The van der Waals surface area contributed by atoms with Crippen LogP contribution >= 0.6 is 0 Å². The zero-order chi connectivity index (χ0) is 11.1. The van der Waals surface area contributed by atoms with E-state index in [0.29, 0.717) is 6.42 Å². The lowest BCUT2D eigenvalue weighted by atomic mass is 10.2. The molecular weight excluding hydrogens is 176 g/mol. The number of hydrogen-bond acceptors (Lipinski definition) is 2. The first-order valence-electron chi connectivity index (χ1n) is 5.37. The van der Waals surface area contributed by atoms with Gasteiger partial charge in [0.2, 0.25) is 0 Å². The summed E-state index contributed by atoms with van der Waals surface area (Å²) in [6, 6.07) is 0. The number of carbonyl (C=O) groups is 2. The van der Waals surface area contributed by atoms with E-state index >= 15 is 0 Å². The van der Waals surface area contributed by atoms with Crippen LogP contribution in [0.5, 0.6) is 0 Å². The van der Waals surface area contributed by atoms with Crippen LogP contribution in [-0.2, 0) is 9.59 Å². The molecule has 0 bridgehead atoms. The molecule has 0 rings (SSSR count). The van der Waals surface area contributed by atoms with E-state index in [1.165, 1.54) is 19.3 Å². The highest BCUT2D eigenvalue weighted by atomic mass is 16.1. The van der Waals surface area contributed by atoms with Gasteiger partial charge >= 0.3 is 0 Å². The summed E-state index contributed by atoms with van der Waals surface area (Å²) in [5, 5.41) is 0. The van der Waals surface area contributed by atoms with Crippen LogP contribution in [0.4, 0.5) is 0 Å². The van der Waals surface area contributed by atoms with Gasteiger partial charge in [0, 0.05) is 6.42 Å². The highest BCUT2D eigenvalue weighted by Crippen LogP contribution is 1.98. The van der Waals surface area contributed by atoms with Gasteiger partial charge in [0.05, 0.1) is 0 Å². The summed E-state index contributed by atoms with van der Waals surface area (Å²) in [6.07, 6.45) is 11.7. The molecule has 0 radical (unpaired) electrons. The van der Waals surface area contributed by atoms with Gasteiger partial charge < -0.3 is 4.79 Å². The third-order valence-electron chi connectivity index (χ3n) is 1.60. The van der Waals surface area contributed by atoms with Crippen LogP contribution in [-0.4, -0.2) is 12.6 Å². The first kappa shape index (κ1) is 15.5. The highest BCUT2D eigenvalue weighted by Gasteiger charge is 1.79. The van der Waals surface area contributed by atoms with Gasteiger partial charge in [-0.1, -0.05) is 32.8 Å². The van der Waals surface area contributed by atoms with Crippen molar-refractivity contribution in [1.29, 1.82) is 0 Å². The third-order valence-corrected chi connectivity index (χ3v) is 1.60. The molecule has 0 saturated carbocycles. The molecule has 82 valence electrons. The van der Waals surface area contributed by atoms with Crippen molar-refractivity contribution in [1.82, 2.24) is 0 Å². The van der Waals surface area contributed by atoms with Crippen molar-refractivity contribution in [3.63, 3.8) is 0 Å². The van der Waals surface area contributed by atoms with Crippen LogP contribution in [0.2, 0.25) is 0 Å². The second-order valence-corrected chi connectivity index (χ2v) is 3.02. The molecule has 0 aliphatic heterocycles. The molecule has 0 amide bonds. The Kier molecular flexibility index (Phi) is 20.0. The second kappa shape index (κ2) is 18.0. The fraction of sp³-hybridized carbons (Fsp3) is 0.667. The Balaban J connectivity index is 0. The standard InChI is InChI=1S/C8H14O.C4H8O/c1-2-3-4-5-6-7-8-9;1-2-3-4-5/h6-8H,2-5H2,1H3;4H,2-3H2,1H3. The monoisotopic (exact) mass is 198 g/mol. The van der Waals surface area contributed by atoms with E-state index in [1.54, 1.807) is 6.08 Å². The quantitative estimate of drug-likeness (QED) is 0.357. The molecule has 0 aromatic rings. The number of rotatable bonds is 7. The zero-order valence-electron chi connectivity index (χ0n) is 9.37. The molecule has 0 atom stereocenters. The normalized spacial score (nSPS) is 9.29. The Bertz CT molecular complexity index is 139. The Labute approximate surface area is 87.4 Å². The molecule has 0 aromatic carbocycles. The molecule has 0 heterocycles. The van der Waals surface area contributed by atoms with Crippen molar-refractivity contribution in [3.05, 3.63) is 12.2 Å². The maximum atomic E-state index is 9.75. The average molecular weight is 198 g/mol. The van der Waals surface area contributed by atoms with Gasteiger partial charge in [0.25, 0.3) is 0 Å². The summed E-state index contributed by atoms with van der Waals surface area (Å²) in [4.78, 5) is 19.2. The van der Waals surface area contributed by atoms with E-state index in [2.05, 4.69) is 6.92 Å². The minimum Gasteiger partial charge on any atom is -0.303 e. The Morgan fingerprint density at radius 2 is 1.64 bits per heavy atom. The number of hydrogen-bond donors (Lipinski definition) is 0. The van der Waals surface area contributed by atoms with E-state index in [-0.39, 0.29) is 0 Å². The minimum atomic E-state index is 0.708. The molecule has 2 heteroatoms. The number of aldehydes is 2. The van der Waals surface area contributed by atoms with Gasteiger partial charge in [-0.15, -0.1) is 0 Å². The summed E-state index contributed by atoms with van der Waals surface area (Å²) < 4.78 is 0. The summed E-state index contributed by atoms with van der Waals surface area (Å²) >= 11 is 0. The van der Waals surface area contributed by atoms with Crippen LogP contribution in [0.1, 0.15) is 52.4 Å². The third kappa shape index (κ3) is 22.5. The largest absolute Gasteiger partial charge is 0.303 e. The lowest BCUT2D eigenvalue weighted by molar-refractivity contribution is -0.108. The molecule has 0 unspecified atom stereocenters. The SMILES string of the molecule is CCCC=O.CCCCCC=CC=O. The van der Waals surface area contributed by atoms with Crippen LogP contribution < -0.4 is 0 Å². The van der Waals surface area contributed by atoms with E-state index < -0.39 is 0 Å². The summed E-state index contributed by atoms with van der Waals surface area (Å²) in [5.74, 6) is 0. The van der Waals surface area contributed by atoms with Crippen molar-refractivity contribution >= 4 is 12.6 Å². The van der Waals surface area contributed by atoms with Gasteiger partial charge in [0.1, 0.15) is 12.6 Å². The van der Waals surface area contributed by atoms with Crippen molar-refractivity contribution in [2.45, 2.75) is 52.4 Å². The van der Waals surface area contributed by atoms with Crippen molar-refractivity contribution in [2.24, 2.45) is 0 Å². The molecule has 0 fully saturated rings. The minimum absolute atomic E-state index is 0.708. The summed E-state index contributed by atoms with van der Waals surface area (Å²) in [7, 11) is 0. The van der Waals surface area contributed by atoms with Gasteiger partial charge in [-0.3, -0.25) is 4.79 Å². The Morgan fingerprint density at radius 1 is 0.929 bits per heavy atom. The molecular formula is C12H22O2. The fourth-order valence-electron chi connectivity index (χ4n) is 0.782. The van der Waals surface area contributed by atoms with E-state index in [4.69, 9.17) is 0 Å². The van der Waals surface area contributed by atoms with E-state index in [0.717, 1.165) is 25.4 Å². The smallest absolute Gasteiger partial charge is 0.142 e. The van der Waals surface area contributed by atoms with Gasteiger partial charge in [-0.2, -0.15) is 0 Å². The predicted octanol–water partition coefficient (Wildman–Crippen LogP) is 3.31. The Hall–Kier alpha value is -0.920. The van der Waals surface area contributed by atoms with Crippen molar-refractivity contribution in [2.75, 3.05) is 0 Å². The maximum absolute atomic E-state index is 9.75. The van der Waals surface area contributed by atoms with Crippen LogP contribution in [0, 0.1) is 0 Å². The zero-order valence-corrected chi connectivity index (χ0v) is 9.37. The predicted molar refractivity (Wildman–Crippen MR) is 60.3 cm³/mol. The first-order chi connectivity index (χ1) is 6.83. The lowest BCUT2D eigenvalue weighted by Gasteiger charge is -1.88. The molecule has 0 spiro atoms. The lowest BCUT2D eigenvalue weighted by Crippen LogP contribution is -1.70. The van der Waals surface area contributed by atoms with E-state index in [1.807, 2.05) is 13.0 Å². The van der Waals surface area contributed by atoms with Gasteiger partial charge in [-0.05, 0) is 25.3 Å². The fourth-order valence-corrected chi connectivity index (χ4v) is 0.782. The topological polar surface area (TPSA) is 34.1 Å². The maximum Gasteiger partial charge on any atom is 0.142 e. The van der Waals surface area contributed by atoms with Crippen LogP contribution in [0.15, 0.2) is 12.2 Å². The molecule has 14 heavy (non-hydrogen) atoms. The number of carbonyl (C=O) groups excluding carboxylic acids is 2. The average Bonchev–Trinajstić information content (AvgIpc) is 2.20. The van der Waals surface area contributed by atoms with Gasteiger partial charge in [0.15, 0.2) is 0 Å². The second-order valence-electron chi connectivity index (χ2n) is 3.02. The number of unbranched alkanes of at least 4 members (excludes halogenated alkanes) is 4. The van der Waals surface area contributed by atoms with Crippen LogP contribution in [0.3, 0.4) is 0 Å². The summed E-state index contributed by atoms with van der Waals surface area (Å²) in [5.41, 5.74) is 0. The molecule has 0 N–H and O–H groups in total. The molecule has 0 aromatic heterocycles. The molecule has 2 nitrogen and oxygen atoms in total. The van der Waals surface area contributed by atoms with E-state index in [9.17, 15) is 9.59 Å². The molecule has 0 saturated heterocycles. The van der Waals surface area contributed by atoms with Crippen LogP contribution in [0.25, 0.3) is 0 Å². The van der Waals surface area contributed by atoms with Crippen molar-refractivity contribution < 1.29 is 9.59 Å². The molecule has 0 aliphatic carbocycles. The highest BCUT2D eigenvalue weighted by molar-refractivity contribution is 5.64. The Morgan fingerprint density at radius 3 is 2.00 bits per heavy atom. The number of allylic oxidation sites excluding steroid dienone is 2. The summed E-state index contributed by atoms with van der Waals surface area (Å²) in [6.45, 7) is 4.15. The molecule has 0 aliphatic rings.